The van der Waals surface area contributed by atoms with Crippen LogP contribution in [0.15, 0.2) is 24.5 Å². The van der Waals surface area contributed by atoms with Gasteiger partial charge in [0.2, 0.25) is 0 Å². The molecule has 0 amide bonds. The lowest BCUT2D eigenvalue weighted by Crippen LogP contribution is -2.38. The van der Waals surface area contributed by atoms with Gasteiger partial charge in [-0.3, -0.25) is 10.8 Å². The highest BCUT2D eigenvalue weighted by Crippen LogP contribution is 2.25. The fraction of sp³-hybridized carbons (Fsp3) is 0.500. The quantitative estimate of drug-likeness (QED) is 0.654. The van der Waals surface area contributed by atoms with Crippen molar-refractivity contribution in [3.05, 3.63) is 30.1 Å². The Morgan fingerprint density at radius 3 is 2.77 bits per heavy atom. The predicted octanol–water partition coefficient (Wildman–Crippen LogP) is 1.13. The van der Waals surface area contributed by atoms with Crippen LogP contribution in [-0.4, -0.2) is 23.1 Å². The van der Waals surface area contributed by atoms with Crippen LogP contribution in [0.4, 0.5) is 0 Å². The molecule has 13 heavy (non-hydrogen) atoms. The van der Waals surface area contributed by atoms with Gasteiger partial charge in [0.05, 0.1) is 0 Å². The van der Waals surface area contributed by atoms with Gasteiger partial charge >= 0.3 is 0 Å². The third-order valence-electron chi connectivity index (χ3n) is 2.69. The summed E-state index contributed by atoms with van der Waals surface area (Å²) in [6, 6.07) is 4.16. The van der Waals surface area contributed by atoms with Crippen molar-refractivity contribution in [3.63, 3.8) is 0 Å². The fourth-order valence-corrected chi connectivity index (χ4v) is 1.85. The van der Waals surface area contributed by atoms with E-state index in [9.17, 15) is 0 Å². The van der Waals surface area contributed by atoms with E-state index in [1.54, 1.807) is 0 Å². The first kappa shape index (κ1) is 8.66. The highest BCUT2D eigenvalue weighted by Gasteiger charge is 2.18. The van der Waals surface area contributed by atoms with E-state index in [0.717, 1.165) is 25.9 Å². The Morgan fingerprint density at radius 1 is 1.38 bits per heavy atom. The molecule has 0 radical (unpaired) electrons. The molecule has 0 unspecified atom stereocenters. The number of piperidine rings is 1. The number of aromatic nitrogens is 1. The van der Waals surface area contributed by atoms with Crippen molar-refractivity contribution in [2.45, 2.75) is 18.8 Å². The van der Waals surface area contributed by atoms with E-state index in [1.807, 2.05) is 23.5 Å². The van der Waals surface area contributed by atoms with Gasteiger partial charge in [0, 0.05) is 25.5 Å². The zero-order chi connectivity index (χ0) is 9.10. The minimum Gasteiger partial charge on any atom is -0.269 e. The highest BCUT2D eigenvalue weighted by molar-refractivity contribution is 5.15. The molecule has 2 rings (SSSR count). The standard InChI is InChI=1S/C10H15N3/c11-13-6-3-9(4-7-13)10-2-1-5-12-8-10/h1-2,5,8-9H,3-4,6-7,11H2. The second-order valence-electron chi connectivity index (χ2n) is 3.60. The van der Waals surface area contributed by atoms with Crippen molar-refractivity contribution in [3.8, 4) is 0 Å². The van der Waals surface area contributed by atoms with Gasteiger partial charge < -0.3 is 0 Å². The maximum atomic E-state index is 5.69. The number of pyridine rings is 1. The second-order valence-corrected chi connectivity index (χ2v) is 3.60. The molecule has 0 saturated carbocycles. The number of rotatable bonds is 1. The molecule has 0 aromatic carbocycles. The monoisotopic (exact) mass is 177 g/mol. The van der Waals surface area contributed by atoms with Gasteiger partial charge in [-0.25, -0.2) is 5.01 Å². The van der Waals surface area contributed by atoms with Gasteiger partial charge in [-0.2, -0.15) is 0 Å². The van der Waals surface area contributed by atoms with Gasteiger partial charge in [-0.15, -0.1) is 0 Å². The van der Waals surface area contributed by atoms with Gasteiger partial charge in [0.15, 0.2) is 0 Å². The van der Waals surface area contributed by atoms with Crippen LogP contribution in [0.5, 0.6) is 0 Å². The van der Waals surface area contributed by atoms with Crippen LogP contribution in [-0.2, 0) is 0 Å². The zero-order valence-corrected chi connectivity index (χ0v) is 7.69. The molecule has 3 nitrogen and oxygen atoms in total. The molecular formula is C10H15N3. The molecular weight excluding hydrogens is 162 g/mol. The summed E-state index contributed by atoms with van der Waals surface area (Å²) in [6.45, 7) is 2.00. The summed E-state index contributed by atoms with van der Waals surface area (Å²) in [5.41, 5.74) is 1.36. The van der Waals surface area contributed by atoms with Gasteiger partial charge in [0.1, 0.15) is 0 Å². The van der Waals surface area contributed by atoms with E-state index in [2.05, 4.69) is 11.1 Å². The second kappa shape index (κ2) is 3.85. The van der Waals surface area contributed by atoms with Crippen molar-refractivity contribution < 1.29 is 0 Å². The molecule has 2 heterocycles. The van der Waals surface area contributed by atoms with Gasteiger partial charge in [-0.1, -0.05) is 6.07 Å². The molecule has 1 aromatic heterocycles. The van der Waals surface area contributed by atoms with E-state index >= 15 is 0 Å². The first-order valence-electron chi connectivity index (χ1n) is 4.76. The topological polar surface area (TPSA) is 42.1 Å². The van der Waals surface area contributed by atoms with Crippen LogP contribution in [0.3, 0.4) is 0 Å². The van der Waals surface area contributed by atoms with Crippen LogP contribution in [0.25, 0.3) is 0 Å². The van der Waals surface area contributed by atoms with Crippen LogP contribution < -0.4 is 5.84 Å². The summed E-state index contributed by atoms with van der Waals surface area (Å²) in [5, 5.41) is 1.90. The van der Waals surface area contributed by atoms with Crippen molar-refractivity contribution in [2.24, 2.45) is 5.84 Å². The summed E-state index contributed by atoms with van der Waals surface area (Å²) in [7, 11) is 0. The third-order valence-corrected chi connectivity index (χ3v) is 2.69. The van der Waals surface area contributed by atoms with E-state index in [-0.39, 0.29) is 0 Å². The van der Waals surface area contributed by atoms with Crippen molar-refractivity contribution in [1.29, 1.82) is 0 Å². The Labute approximate surface area is 78.5 Å². The lowest BCUT2D eigenvalue weighted by Gasteiger charge is -2.28. The van der Waals surface area contributed by atoms with Crippen LogP contribution in [0.1, 0.15) is 24.3 Å². The first-order chi connectivity index (χ1) is 6.36. The maximum Gasteiger partial charge on any atom is 0.0302 e. The molecule has 1 aromatic rings. The summed E-state index contributed by atoms with van der Waals surface area (Å²) < 4.78 is 0. The minimum absolute atomic E-state index is 0.661. The lowest BCUT2D eigenvalue weighted by molar-refractivity contribution is 0.217. The average Bonchev–Trinajstić information content (AvgIpc) is 2.20. The Bertz CT molecular complexity index is 252. The lowest BCUT2D eigenvalue weighted by atomic mass is 9.91. The number of nitrogens with two attached hydrogens (primary N) is 1. The molecule has 0 spiro atoms. The maximum absolute atomic E-state index is 5.69. The zero-order valence-electron chi connectivity index (χ0n) is 7.69. The molecule has 0 bridgehead atoms. The van der Waals surface area contributed by atoms with Crippen molar-refractivity contribution in [2.75, 3.05) is 13.1 Å². The third kappa shape index (κ3) is 2.05. The fourth-order valence-electron chi connectivity index (χ4n) is 1.85. The van der Waals surface area contributed by atoms with E-state index in [1.165, 1.54) is 5.56 Å². The molecule has 1 aliphatic rings. The molecule has 2 N–H and O–H groups in total. The summed E-state index contributed by atoms with van der Waals surface area (Å²) in [6.07, 6.45) is 6.10. The number of nitrogens with zero attached hydrogens (tertiary/aromatic N) is 2. The Hall–Kier alpha value is -0.930. The minimum atomic E-state index is 0.661. The first-order valence-corrected chi connectivity index (χ1v) is 4.76. The smallest absolute Gasteiger partial charge is 0.0302 e. The highest BCUT2D eigenvalue weighted by atomic mass is 15.4. The van der Waals surface area contributed by atoms with Crippen LogP contribution in [0.2, 0.25) is 0 Å². The Morgan fingerprint density at radius 2 is 2.15 bits per heavy atom. The predicted molar refractivity (Wildman–Crippen MR) is 52.0 cm³/mol. The van der Waals surface area contributed by atoms with Gasteiger partial charge in [-0.05, 0) is 30.4 Å². The normalized spacial score (nSPS) is 20.4. The van der Waals surface area contributed by atoms with Gasteiger partial charge in [0.25, 0.3) is 0 Å². The Balaban J connectivity index is 2.03. The summed E-state index contributed by atoms with van der Waals surface area (Å²) in [5.74, 6) is 6.35. The molecule has 0 atom stereocenters. The molecule has 0 aliphatic carbocycles. The summed E-state index contributed by atoms with van der Waals surface area (Å²) >= 11 is 0. The van der Waals surface area contributed by atoms with Crippen LogP contribution in [0, 0.1) is 0 Å². The molecule has 1 aliphatic heterocycles. The molecule has 1 saturated heterocycles. The molecule has 70 valence electrons. The van der Waals surface area contributed by atoms with Crippen molar-refractivity contribution >= 4 is 0 Å². The SMILES string of the molecule is NN1CCC(c2cccnc2)CC1. The number of hydrogen-bond acceptors (Lipinski definition) is 3. The Kier molecular flexibility index (Phi) is 2.57. The molecule has 1 fully saturated rings. The number of hydrazine groups is 1. The number of hydrogen-bond donors (Lipinski definition) is 1. The van der Waals surface area contributed by atoms with E-state index in [4.69, 9.17) is 5.84 Å². The molecule has 3 heteroatoms. The van der Waals surface area contributed by atoms with Crippen LogP contribution >= 0.6 is 0 Å². The van der Waals surface area contributed by atoms with Crippen molar-refractivity contribution in [1.82, 2.24) is 9.99 Å². The van der Waals surface area contributed by atoms with E-state index < -0.39 is 0 Å². The largest absolute Gasteiger partial charge is 0.269 e. The average molecular weight is 177 g/mol. The summed E-state index contributed by atoms with van der Waals surface area (Å²) in [4.78, 5) is 4.13. The van der Waals surface area contributed by atoms with E-state index in [0.29, 0.717) is 5.92 Å².